The first kappa shape index (κ1) is 32.4. The Bertz CT molecular complexity index is 1810. The van der Waals surface area contributed by atoms with Crippen LogP contribution in [0.1, 0.15) is 65.5 Å². The minimum absolute atomic E-state index is 0.0159. The molecule has 3 aromatic carbocycles. The molecule has 1 saturated heterocycles. The van der Waals surface area contributed by atoms with Crippen LogP contribution in [0.5, 0.6) is 0 Å². The number of carbonyl (C=O) groups is 3. The summed E-state index contributed by atoms with van der Waals surface area (Å²) in [6.45, 7) is 7.77. The van der Waals surface area contributed by atoms with Crippen LogP contribution in [-0.4, -0.2) is 53.3 Å². The van der Waals surface area contributed by atoms with Crippen LogP contribution in [0.3, 0.4) is 0 Å². The minimum Gasteiger partial charge on any atom is -0.378 e. The van der Waals surface area contributed by atoms with Crippen molar-refractivity contribution in [1.29, 1.82) is 0 Å². The van der Waals surface area contributed by atoms with Gasteiger partial charge in [-0.05, 0) is 60.5 Å². The summed E-state index contributed by atoms with van der Waals surface area (Å²) >= 11 is 0. The molecule has 5 rings (SSSR count). The fraction of sp³-hybridized carbons (Fsp3) is 0.306. The number of Topliss-reactive ketones (excluding diaryl/α,β-unsaturated/α-hetero) is 1. The maximum Gasteiger partial charge on any atom is 0.277 e. The quantitative estimate of drug-likeness (QED) is 0.212. The van der Waals surface area contributed by atoms with Crippen LogP contribution in [-0.2, 0) is 16.1 Å². The highest BCUT2D eigenvalue weighted by Gasteiger charge is 2.21. The Morgan fingerprint density at radius 3 is 2.39 bits per heavy atom. The van der Waals surface area contributed by atoms with Crippen molar-refractivity contribution in [2.24, 2.45) is 5.92 Å². The summed E-state index contributed by atoms with van der Waals surface area (Å²) in [7, 11) is 0. The zero-order chi connectivity index (χ0) is 32.8. The van der Waals surface area contributed by atoms with E-state index in [0.717, 1.165) is 5.69 Å². The number of aromatic nitrogens is 2. The Balaban J connectivity index is 1.64. The van der Waals surface area contributed by atoms with Gasteiger partial charge in [-0.1, -0.05) is 39.0 Å². The number of nitrogens with one attached hydrogen (secondary N) is 1. The molecular weight excluding hydrogens is 587 g/mol. The summed E-state index contributed by atoms with van der Waals surface area (Å²) in [5.74, 6) is -1.07. The number of ketones is 2. The average Bonchev–Trinajstić information content (AvgIpc) is 3.09. The van der Waals surface area contributed by atoms with Crippen LogP contribution in [0.2, 0.25) is 0 Å². The molecular formula is C36H37FN4O5. The van der Waals surface area contributed by atoms with Gasteiger partial charge in [-0.3, -0.25) is 23.7 Å². The normalized spacial score (nSPS) is 13.7. The van der Waals surface area contributed by atoms with Gasteiger partial charge in [0.2, 0.25) is 5.91 Å². The molecule has 4 aromatic rings. The molecule has 1 fully saturated rings. The Hall–Kier alpha value is -4.96. The van der Waals surface area contributed by atoms with Crippen molar-refractivity contribution < 1.29 is 23.5 Å². The van der Waals surface area contributed by atoms with E-state index in [9.17, 15) is 23.6 Å². The lowest BCUT2D eigenvalue weighted by Gasteiger charge is -2.29. The molecule has 0 spiro atoms. The third-order valence-corrected chi connectivity index (χ3v) is 8.19. The maximum atomic E-state index is 14.1. The van der Waals surface area contributed by atoms with E-state index < -0.39 is 11.4 Å². The average molecular weight is 625 g/mol. The van der Waals surface area contributed by atoms with Crippen LogP contribution in [0.4, 0.5) is 15.8 Å². The SMILES string of the molecule is CCC(=O)c1cccc(-c2ncc(NC(=O)[C@H](C)CC)c(=O)n2Cc2cc(C(=O)c3ccc(F)cc3)cc(N3CCOCC3)c2)c1. The molecule has 1 aliphatic rings. The second kappa shape index (κ2) is 14.4. The van der Waals surface area contributed by atoms with Crippen molar-refractivity contribution in [3.63, 3.8) is 0 Å². The molecule has 9 nitrogen and oxygen atoms in total. The van der Waals surface area contributed by atoms with E-state index >= 15 is 0 Å². The van der Waals surface area contributed by atoms with Gasteiger partial charge in [0, 0.05) is 53.4 Å². The molecule has 1 aliphatic heterocycles. The van der Waals surface area contributed by atoms with Gasteiger partial charge in [-0.25, -0.2) is 9.37 Å². The predicted octanol–water partition coefficient (Wildman–Crippen LogP) is 5.74. The molecule has 0 saturated carbocycles. The van der Waals surface area contributed by atoms with Gasteiger partial charge in [0.15, 0.2) is 11.6 Å². The van der Waals surface area contributed by atoms with E-state index in [4.69, 9.17) is 4.74 Å². The van der Waals surface area contributed by atoms with Crippen LogP contribution in [0.25, 0.3) is 11.4 Å². The van der Waals surface area contributed by atoms with Gasteiger partial charge in [0.25, 0.3) is 5.56 Å². The largest absolute Gasteiger partial charge is 0.378 e. The predicted molar refractivity (Wildman–Crippen MR) is 175 cm³/mol. The molecule has 1 amide bonds. The number of anilines is 2. The van der Waals surface area contributed by atoms with Crippen LogP contribution in [0.15, 0.2) is 77.7 Å². The standard InChI is InChI=1S/C36H37FN4O5/c1-4-23(3)35(44)39-31-21-38-34(27-8-6-7-26(19-27)32(42)5-2)41(36(31)45)22-24-17-28(33(43)25-9-11-29(37)12-10-25)20-30(18-24)40-13-15-46-16-14-40/h6-12,17-21,23H,4-5,13-16,22H2,1-3H3,(H,39,44)/t23-/m1/s1. The fourth-order valence-corrected chi connectivity index (χ4v) is 5.28. The number of ether oxygens (including phenoxy) is 1. The van der Waals surface area contributed by atoms with Crippen molar-refractivity contribution in [1.82, 2.24) is 9.55 Å². The number of carbonyl (C=O) groups excluding carboxylic acids is 3. The lowest BCUT2D eigenvalue weighted by molar-refractivity contribution is -0.119. The van der Waals surface area contributed by atoms with Gasteiger partial charge >= 0.3 is 0 Å². The van der Waals surface area contributed by atoms with Gasteiger partial charge in [0.05, 0.1) is 26.0 Å². The molecule has 2 heterocycles. The van der Waals surface area contributed by atoms with Gasteiger partial charge in [0.1, 0.15) is 17.3 Å². The second-order valence-corrected chi connectivity index (χ2v) is 11.4. The van der Waals surface area contributed by atoms with Gasteiger partial charge in [-0.15, -0.1) is 0 Å². The summed E-state index contributed by atoms with van der Waals surface area (Å²) in [4.78, 5) is 59.7. The number of benzene rings is 3. The number of nitrogens with zero attached hydrogens (tertiary/aromatic N) is 3. The third kappa shape index (κ3) is 7.29. The summed E-state index contributed by atoms with van der Waals surface area (Å²) < 4.78 is 20.6. The molecule has 1 N–H and O–H groups in total. The lowest BCUT2D eigenvalue weighted by Crippen LogP contribution is -2.36. The van der Waals surface area contributed by atoms with Crippen LogP contribution >= 0.6 is 0 Å². The lowest BCUT2D eigenvalue weighted by atomic mass is 9.99. The third-order valence-electron chi connectivity index (χ3n) is 8.19. The van der Waals surface area contributed by atoms with Crippen LogP contribution in [0, 0.1) is 11.7 Å². The van der Waals surface area contributed by atoms with E-state index in [0.29, 0.717) is 72.8 Å². The van der Waals surface area contributed by atoms with E-state index in [1.54, 1.807) is 50.2 Å². The van der Waals surface area contributed by atoms with E-state index in [2.05, 4.69) is 15.2 Å². The number of rotatable bonds is 11. The second-order valence-electron chi connectivity index (χ2n) is 11.4. The number of hydrogen-bond donors (Lipinski definition) is 1. The number of hydrogen-bond acceptors (Lipinski definition) is 7. The van der Waals surface area contributed by atoms with Crippen molar-refractivity contribution in [3.05, 3.63) is 111 Å². The molecule has 1 aromatic heterocycles. The van der Waals surface area contributed by atoms with Gasteiger partial charge in [-0.2, -0.15) is 0 Å². The van der Waals surface area contributed by atoms with E-state index in [-0.39, 0.29) is 35.6 Å². The van der Waals surface area contributed by atoms with Crippen molar-refractivity contribution in [2.75, 3.05) is 36.5 Å². The summed E-state index contributed by atoms with van der Waals surface area (Å²) in [6.07, 6.45) is 2.27. The Morgan fingerprint density at radius 2 is 1.70 bits per heavy atom. The van der Waals surface area contributed by atoms with Crippen molar-refractivity contribution >= 4 is 28.8 Å². The minimum atomic E-state index is -0.475. The first-order valence-electron chi connectivity index (χ1n) is 15.5. The molecule has 238 valence electrons. The molecule has 46 heavy (non-hydrogen) atoms. The summed E-state index contributed by atoms with van der Waals surface area (Å²) in [5.41, 5.74) is 2.75. The Labute approximate surface area is 267 Å². The number of morpholine rings is 1. The smallest absolute Gasteiger partial charge is 0.277 e. The number of halogens is 1. The van der Waals surface area contributed by atoms with Crippen molar-refractivity contribution in [3.8, 4) is 11.4 Å². The highest BCUT2D eigenvalue weighted by atomic mass is 19.1. The Morgan fingerprint density at radius 1 is 0.957 bits per heavy atom. The molecule has 0 bridgehead atoms. The molecule has 1 atom stereocenters. The highest BCUT2D eigenvalue weighted by molar-refractivity contribution is 6.09. The first-order chi connectivity index (χ1) is 22.2. The molecule has 0 unspecified atom stereocenters. The van der Waals surface area contributed by atoms with Crippen molar-refractivity contribution in [2.45, 2.75) is 40.2 Å². The van der Waals surface area contributed by atoms with Crippen LogP contribution < -0.4 is 15.8 Å². The molecule has 10 heteroatoms. The number of amides is 1. The zero-order valence-electron chi connectivity index (χ0n) is 26.2. The Kier molecular flexibility index (Phi) is 10.2. The van der Waals surface area contributed by atoms with Gasteiger partial charge < -0.3 is 15.0 Å². The fourth-order valence-electron chi connectivity index (χ4n) is 5.28. The summed E-state index contributed by atoms with van der Waals surface area (Å²) in [5, 5.41) is 2.73. The summed E-state index contributed by atoms with van der Waals surface area (Å²) in [6, 6.07) is 17.7. The monoisotopic (exact) mass is 624 g/mol. The zero-order valence-corrected chi connectivity index (χ0v) is 26.2. The van der Waals surface area contributed by atoms with E-state index in [1.165, 1.54) is 35.0 Å². The molecule has 0 radical (unpaired) electrons. The maximum absolute atomic E-state index is 14.1. The highest BCUT2D eigenvalue weighted by Crippen LogP contribution is 2.26. The molecule has 0 aliphatic carbocycles. The van der Waals surface area contributed by atoms with E-state index in [1.807, 2.05) is 13.0 Å². The topological polar surface area (TPSA) is 111 Å². The first-order valence-corrected chi connectivity index (χ1v) is 15.5.